The number of aromatic nitrogens is 2. The van der Waals surface area contributed by atoms with Gasteiger partial charge in [0.1, 0.15) is 6.04 Å². The standard InChI is InChI=1S/C34H43N5O4/c1-24(35)32(41)38-30(25(2)43-22-26-10-5-4-6-11-26)33(42)39-19-8-14-29(39)15-16-34(3,23-40)21-27-12-7-13-28(20-27)31-36-17-9-18-37-31/h4-7,9-13,15-18,20,24-25,29-30,40H,8,14,19,21-23,35H2,1-3H3,(H,38,41)/b16-15+/t24-,25+,29-,30?,34-/m0/s1. The Kier molecular flexibility index (Phi) is 11.2. The molecule has 0 aliphatic carbocycles. The van der Waals surface area contributed by atoms with Gasteiger partial charge >= 0.3 is 0 Å². The Balaban J connectivity index is 1.47. The van der Waals surface area contributed by atoms with Gasteiger partial charge in [0.05, 0.1) is 31.4 Å². The summed E-state index contributed by atoms with van der Waals surface area (Å²) in [6.45, 7) is 6.21. The van der Waals surface area contributed by atoms with Gasteiger partial charge in [0.2, 0.25) is 11.8 Å². The van der Waals surface area contributed by atoms with Crippen molar-refractivity contribution in [2.75, 3.05) is 13.2 Å². The highest BCUT2D eigenvalue weighted by atomic mass is 16.5. The Hall–Kier alpha value is -3.92. The molecule has 1 unspecified atom stereocenters. The lowest BCUT2D eigenvalue weighted by molar-refractivity contribution is -0.141. The van der Waals surface area contributed by atoms with Crippen LogP contribution in [-0.2, 0) is 27.4 Å². The lowest BCUT2D eigenvalue weighted by atomic mass is 9.83. The Morgan fingerprint density at radius 2 is 1.84 bits per heavy atom. The zero-order valence-corrected chi connectivity index (χ0v) is 25.2. The van der Waals surface area contributed by atoms with Crippen LogP contribution in [0.5, 0.6) is 0 Å². The second-order valence-electron chi connectivity index (χ2n) is 11.6. The van der Waals surface area contributed by atoms with Gasteiger partial charge in [-0.25, -0.2) is 9.97 Å². The average Bonchev–Trinajstić information content (AvgIpc) is 3.51. The number of hydrogen-bond acceptors (Lipinski definition) is 7. The fourth-order valence-electron chi connectivity index (χ4n) is 5.25. The van der Waals surface area contributed by atoms with E-state index in [1.54, 1.807) is 37.2 Å². The quantitative estimate of drug-likeness (QED) is 0.261. The largest absolute Gasteiger partial charge is 0.395 e. The monoisotopic (exact) mass is 585 g/mol. The molecule has 0 saturated carbocycles. The molecule has 2 amide bonds. The molecule has 1 aromatic heterocycles. The Morgan fingerprint density at radius 1 is 1.12 bits per heavy atom. The van der Waals surface area contributed by atoms with Gasteiger partial charge in [-0.2, -0.15) is 0 Å². The zero-order valence-electron chi connectivity index (χ0n) is 25.2. The summed E-state index contributed by atoms with van der Waals surface area (Å²) in [5, 5.41) is 13.2. The van der Waals surface area contributed by atoms with Crippen LogP contribution in [0.25, 0.3) is 11.4 Å². The smallest absolute Gasteiger partial charge is 0.248 e. The van der Waals surface area contributed by atoms with E-state index in [0.717, 1.165) is 29.5 Å². The van der Waals surface area contributed by atoms with E-state index < -0.39 is 29.5 Å². The van der Waals surface area contributed by atoms with E-state index in [1.165, 1.54) is 0 Å². The van der Waals surface area contributed by atoms with Crippen molar-refractivity contribution >= 4 is 11.8 Å². The van der Waals surface area contributed by atoms with Crippen molar-refractivity contribution in [2.24, 2.45) is 11.1 Å². The molecular weight excluding hydrogens is 542 g/mol. The number of rotatable bonds is 13. The third kappa shape index (κ3) is 8.79. The van der Waals surface area contributed by atoms with Crippen molar-refractivity contribution in [3.63, 3.8) is 0 Å². The van der Waals surface area contributed by atoms with E-state index in [-0.39, 0.29) is 18.6 Å². The molecular formula is C34H43N5O4. The first-order valence-electron chi connectivity index (χ1n) is 14.9. The molecule has 1 aliphatic rings. The van der Waals surface area contributed by atoms with Gasteiger partial charge in [-0.05, 0) is 56.4 Å². The van der Waals surface area contributed by atoms with E-state index in [1.807, 2.05) is 73.7 Å². The number of likely N-dealkylation sites (tertiary alicyclic amines) is 1. The number of carbonyl (C=O) groups is 2. The second-order valence-corrected chi connectivity index (χ2v) is 11.6. The Bertz CT molecular complexity index is 1370. The van der Waals surface area contributed by atoms with Crippen LogP contribution >= 0.6 is 0 Å². The maximum absolute atomic E-state index is 13.9. The van der Waals surface area contributed by atoms with Crippen LogP contribution in [0.4, 0.5) is 0 Å². The number of ether oxygens (including phenoxy) is 1. The maximum atomic E-state index is 13.9. The van der Waals surface area contributed by atoms with Gasteiger partial charge in [0.15, 0.2) is 5.82 Å². The summed E-state index contributed by atoms with van der Waals surface area (Å²) in [6, 6.07) is 17.7. The molecule has 0 bridgehead atoms. The molecule has 0 radical (unpaired) electrons. The molecule has 43 heavy (non-hydrogen) atoms. The van der Waals surface area contributed by atoms with Gasteiger partial charge in [-0.15, -0.1) is 0 Å². The lowest BCUT2D eigenvalue weighted by Crippen LogP contribution is -2.57. The number of nitrogens with zero attached hydrogens (tertiary/aromatic N) is 3. The number of nitrogens with one attached hydrogen (secondary N) is 1. The fraction of sp³-hybridized carbons (Fsp3) is 0.412. The number of benzene rings is 2. The molecule has 4 N–H and O–H groups in total. The molecule has 5 atom stereocenters. The van der Waals surface area contributed by atoms with Gasteiger partial charge in [-0.1, -0.05) is 67.6 Å². The molecule has 2 heterocycles. The maximum Gasteiger partial charge on any atom is 0.248 e. The molecule has 9 heteroatoms. The summed E-state index contributed by atoms with van der Waals surface area (Å²) >= 11 is 0. The minimum Gasteiger partial charge on any atom is -0.395 e. The number of hydrogen-bond donors (Lipinski definition) is 3. The van der Waals surface area contributed by atoms with Gasteiger partial charge in [0, 0.05) is 29.9 Å². The molecule has 9 nitrogen and oxygen atoms in total. The molecule has 4 rings (SSSR count). The number of aliphatic hydroxyl groups excluding tert-OH is 1. The van der Waals surface area contributed by atoms with Crippen molar-refractivity contribution < 1.29 is 19.4 Å². The second kappa shape index (κ2) is 15.0. The molecule has 2 aromatic carbocycles. The predicted molar refractivity (Wildman–Crippen MR) is 167 cm³/mol. The van der Waals surface area contributed by atoms with E-state index in [0.29, 0.717) is 25.4 Å². The lowest BCUT2D eigenvalue weighted by Gasteiger charge is -2.32. The first-order chi connectivity index (χ1) is 20.7. The molecule has 1 fully saturated rings. The fourth-order valence-corrected chi connectivity index (χ4v) is 5.25. The summed E-state index contributed by atoms with van der Waals surface area (Å²) in [5.41, 5.74) is 8.22. The molecule has 1 saturated heterocycles. The number of aliphatic hydroxyl groups is 1. The van der Waals surface area contributed by atoms with Crippen molar-refractivity contribution in [1.29, 1.82) is 0 Å². The van der Waals surface area contributed by atoms with E-state index in [9.17, 15) is 14.7 Å². The van der Waals surface area contributed by atoms with Crippen LogP contribution in [-0.4, -0.2) is 69.2 Å². The summed E-state index contributed by atoms with van der Waals surface area (Å²) in [6.07, 6.45) is 9.11. The third-order valence-electron chi connectivity index (χ3n) is 7.83. The van der Waals surface area contributed by atoms with Crippen LogP contribution in [0, 0.1) is 5.41 Å². The van der Waals surface area contributed by atoms with E-state index >= 15 is 0 Å². The SMILES string of the molecule is C[C@H](N)C(=O)NC(C(=O)N1CCC[C@H]1/C=C/[C@](C)(CO)Cc1cccc(-c2ncccn2)c1)[C@@H](C)OCc1ccccc1. The molecule has 0 spiro atoms. The summed E-state index contributed by atoms with van der Waals surface area (Å²) in [4.78, 5) is 37.0. The van der Waals surface area contributed by atoms with Crippen LogP contribution in [0.1, 0.15) is 44.7 Å². The minimum absolute atomic E-state index is 0.0618. The van der Waals surface area contributed by atoms with E-state index in [2.05, 4.69) is 15.3 Å². The topological polar surface area (TPSA) is 131 Å². The van der Waals surface area contributed by atoms with Crippen LogP contribution < -0.4 is 11.1 Å². The first-order valence-corrected chi connectivity index (χ1v) is 14.9. The van der Waals surface area contributed by atoms with Crippen LogP contribution in [0.3, 0.4) is 0 Å². The zero-order chi connectivity index (χ0) is 30.8. The third-order valence-corrected chi connectivity index (χ3v) is 7.83. The first kappa shape index (κ1) is 32.0. The van der Waals surface area contributed by atoms with Gasteiger partial charge < -0.3 is 25.8 Å². The molecule has 1 aliphatic heterocycles. The minimum atomic E-state index is -0.886. The summed E-state index contributed by atoms with van der Waals surface area (Å²) in [7, 11) is 0. The van der Waals surface area contributed by atoms with Crippen molar-refractivity contribution in [1.82, 2.24) is 20.2 Å². The number of nitrogens with two attached hydrogens (primary N) is 1. The highest BCUT2D eigenvalue weighted by molar-refractivity contribution is 5.90. The Labute approximate surface area is 254 Å². The number of carbonyl (C=O) groups excluding carboxylic acids is 2. The average molecular weight is 586 g/mol. The van der Waals surface area contributed by atoms with E-state index in [4.69, 9.17) is 10.5 Å². The van der Waals surface area contributed by atoms with Crippen molar-refractivity contribution in [3.05, 3.63) is 96.3 Å². The van der Waals surface area contributed by atoms with Gasteiger partial charge in [0.25, 0.3) is 0 Å². The predicted octanol–water partition coefficient (Wildman–Crippen LogP) is 3.67. The van der Waals surface area contributed by atoms with Gasteiger partial charge in [-0.3, -0.25) is 9.59 Å². The van der Waals surface area contributed by atoms with Crippen LogP contribution in [0.15, 0.2) is 85.2 Å². The molecule has 228 valence electrons. The highest BCUT2D eigenvalue weighted by Gasteiger charge is 2.37. The normalized spacial score (nSPS) is 18.6. The molecule has 3 aromatic rings. The summed E-state index contributed by atoms with van der Waals surface area (Å²) < 4.78 is 6.06. The van der Waals surface area contributed by atoms with Crippen molar-refractivity contribution in [2.45, 2.75) is 70.9 Å². The van der Waals surface area contributed by atoms with Crippen LogP contribution in [0.2, 0.25) is 0 Å². The highest BCUT2D eigenvalue weighted by Crippen LogP contribution is 2.28. The van der Waals surface area contributed by atoms with Crippen molar-refractivity contribution in [3.8, 4) is 11.4 Å². The Morgan fingerprint density at radius 3 is 2.53 bits per heavy atom. The summed E-state index contributed by atoms with van der Waals surface area (Å²) in [5.74, 6) is 0.0390. The number of amides is 2.